The van der Waals surface area contributed by atoms with Crippen LogP contribution in [0, 0.1) is 11.3 Å². The average Bonchev–Trinajstić information content (AvgIpc) is 3.50. The fourth-order valence-corrected chi connectivity index (χ4v) is 8.12. The van der Waals surface area contributed by atoms with Crippen LogP contribution >= 0.6 is 0 Å². The number of alkyl halides is 3. The number of hydrogen-bond donors (Lipinski definition) is 1. The zero-order valence-electron chi connectivity index (χ0n) is 24.0. The highest BCUT2D eigenvalue weighted by Gasteiger charge is 2.60. The summed E-state index contributed by atoms with van der Waals surface area (Å²) in [6, 6.07) is 4.46. The zero-order valence-corrected chi connectivity index (χ0v) is 24.0. The van der Waals surface area contributed by atoms with E-state index in [2.05, 4.69) is 10.2 Å². The largest absolute Gasteiger partial charge is 0.416 e. The van der Waals surface area contributed by atoms with Crippen molar-refractivity contribution in [3.8, 4) is 0 Å². The Morgan fingerprint density at radius 1 is 1.07 bits per heavy atom. The number of hydrogen-bond acceptors (Lipinski definition) is 7. The van der Waals surface area contributed by atoms with Crippen LogP contribution in [0.25, 0.3) is 0 Å². The summed E-state index contributed by atoms with van der Waals surface area (Å²) in [6.07, 6.45) is -0.634. The molecule has 11 heteroatoms. The first-order valence-corrected chi connectivity index (χ1v) is 14.9. The van der Waals surface area contributed by atoms with E-state index in [0.717, 1.165) is 37.4 Å². The topological polar surface area (TPSA) is 72.5 Å². The molecule has 1 saturated carbocycles. The molecule has 4 fully saturated rings. The van der Waals surface area contributed by atoms with Gasteiger partial charge >= 0.3 is 6.18 Å². The maximum atomic E-state index is 14.6. The standard InChI is InChI=1S/C30H42F3N3O5/c1-38-26-16-40-9-6-24(26)34-23-12-22-15-36(25-7-10-41-17-27(25)39-2)18-29(22,13-23)28(37)35-8-5-19-3-4-21(30(31,32)33)11-20(19)14-35/h3-4,11,22-27,34H,5-10,12-18H2,1-2H3. The van der Waals surface area contributed by atoms with Crippen LogP contribution in [0.5, 0.6) is 0 Å². The number of amides is 1. The number of ether oxygens (including phenoxy) is 4. The number of likely N-dealkylation sites (tertiary alicyclic amines) is 1. The third kappa shape index (κ3) is 5.65. The summed E-state index contributed by atoms with van der Waals surface area (Å²) in [5.74, 6) is 0.227. The van der Waals surface area contributed by atoms with Gasteiger partial charge in [0.25, 0.3) is 0 Å². The first-order chi connectivity index (χ1) is 19.7. The van der Waals surface area contributed by atoms with Gasteiger partial charge < -0.3 is 29.2 Å². The van der Waals surface area contributed by atoms with Crippen LogP contribution in [-0.4, -0.2) is 106 Å². The molecule has 1 amide bonds. The highest BCUT2D eigenvalue weighted by Crippen LogP contribution is 2.52. The smallest absolute Gasteiger partial charge is 0.379 e. The molecule has 6 rings (SSSR count). The molecule has 0 radical (unpaired) electrons. The van der Waals surface area contributed by atoms with Gasteiger partial charge in [0.1, 0.15) is 0 Å². The number of nitrogens with one attached hydrogen (secondary N) is 1. The molecule has 0 bridgehead atoms. The summed E-state index contributed by atoms with van der Waals surface area (Å²) < 4.78 is 63.2. The Hall–Kier alpha value is -1.76. The second kappa shape index (κ2) is 11.7. The SMILES string of the molecule is COC1COCCC1NC1CC2CN(C3CCOCC3OC)CC2(C(=O)N2CCc3ccc(C(F)(F)F)cc3C2)C1. The van der Waals surface area contributed by atoms with Crippen LogP contribution in [0.3, 0.4) is 0 Å². The van der Waals surface area contributed by atoms with E-state index in [1.54, 1.807) is 20.3 Å². The number of rotatable bonds is 6. The molecule has 1 aromatic carbocycles. The quantitative estimate of drug-likeness (QED) is 0.554. The van der Waals surface area contributed by atoms with Gasteiger partial charge in [-0.15, -0.1) is 0 Å². The van der Waals surface area contributed by atoms with Crippen molar-refractivity contribution in [2.24, 2.45) is 11.3 Å². The Morgan fingerprint density at radius 3 is 2.59 bits per heavy atom. The van der Waals surface area contributed by atoms with E-state index in [9.17, 15) is 18.0 Å². The van der Waals surface area contributed by atoms with Gasteiger partial charge in [-0.1, -0.05) is 6.07 Å². The molecule has 7 unspecified atom stereocenters. The average molecular weight is 582 g/mol. The maximum absolute atomic E-state index is 14.6. The van der Waals surface area contributed by atoms with E-state index < -0.39 is 17.2 Å². The molecule has 8 nitrogen and oxygen atoms in total. The normalized spacial score (nSPS) is 36.3. The minimum absolute atomic E-state index is 0.0292. The van der Waals surface area contributed by atoms with Gasteiger partial charge in [0, 0.05) is 71.7 Å². The number of methoxy groups -OCH3 is 2. The summed E-state index contributed by atoms with van der Waals surface area (Å²) >= 11 is 0. The number of carbonyl (C=O) groups is 1. The van der Waals surface area contributed by atoms with Crippen LogP contribution in [0.15, 0.2) is 18.2 Å². The molecule has 0 spiro atoms. The van der Waals surface area contributed by atoms with Gasteiger partial charge in [0.2, 0.25) is 5.91 Å². The predicted molar refractivity (Wildman–Crippen MR) is 144 cm³/mol. The Morgan fingerprint density at radius 2 is 1.83 bits per heavy atom. The van der Waals surface area contributed by atoms with Crippen LogP contribution in [-0.2, 0) is 42.9 Å². The van der Waals surface area contributed by atoms with E-state index >= 15 is 0 Å². The number of benzene rings is 1. The van der Waals surface area contributed by atoms with Gasteiger partial charge in [-0.05, 0) is 61.3 Å². The first-order valence-electron chi connectivity index (χ1n) is 14.9. The van der Waals surface area contributed by atoms with Crippen molar-refractivity contribution in [1.29, 1.82) is 0 Å². The maximum Gasteiger partial charge on any atom is 0.416 e. The lowest BCUT2D eigenvalue weighted by Crippen LogP contribution is -2.54. The summed E-state index contributed by atoms with van der Waals surface area (Å²) in [5, 5.41) is 3.82. The Bertz CT molecular complexity index is 1110. The molecule has 0 aromatic heterocycles. The molecular weight excluding hydrogens is 539 g/mol. The molecule has 1 aliphatic carbocycles. The highest BCUT2D eigenvalue weighted by atomic mass is 19.4. The molecule has 4 aliphatic heterocycles. The first kappa shape index (κ1) is 29.3. The van der Waals surface area contributed by atoms with Crippen LogP contribution < -0.4 is 5.32 Å². The Labute approximate surface area is 239 Å². The summed E-state index contributed by atoms with van der Waals surface area (Å²) in [4.78, 5) is 18.8. The zero-order chi connectivity index (χ0) is 28.8. The van der Waals surface area contributed by atoms with Gasteiger partial charge in [0.05, 0.1) is 36.4 Å². The summed E-state index contributed by atoms with van der Waals surface area (Å²) in [7, 11) is 3.42. The Kier molecular flexibility index (Phi) is 8.39. The molecule has 5 aliphatic rings. The van der Waals surface area contributed by atoms with Crippen LogP contribution in [0.2, 0.25) is 0 Å². The second-order valence-electron chi connectivity index (χ2n) is 12.5. The second-order valence-corrected chi connectivity index (χ2v) is 12.5. The van der Waals surface area contributed by atoms with Gasteiger partial charge in [-0.2, -0.15) is 13.2 Å². The minimum atomic E-state index is -4.41. The van der Waals surface area contributed by atoms with Crippen LogP contribution in [0.1, 0.15) is 42.4 Å². The monoisotopic (exact) mass is 581 g/mol. The molecule has 228 valence electrons. The van der Waals surface area contributed by atoms with Crippen molar-refractivity contribution in [1.82, 2.24) is 15.1 Å². The van der Waals surface area contributed by atoms with Crippen molar-refractivity contribution in [3.05, 3.63) is 34.9 Å². The molecule has 1 N–H and O–H groups in total. The van der Waals surface area contributed by atoms with E-state index in [0.29, 0.717) is 57.9 Å². The Balaban J connectivity index is 1.24. The van der Waals surface area contributed by atoms with E-state index in [4.69, 9.17) is 18.9 Å². The lowest BCUT2D eigenvalue weighted by atomic mass is 9.78. The third-order valence-electron chi connectivity index (χ3n) is 10.3. The van der Waals surface area contributed by atoms with E-state index in [-0.39, 0.29) is 48.7 Å². The molecular formula is C30H42F3N3O5. The van der Waals surface area contributed by atoms with Crippen molar-refractivity contribution in [2.45, 2.75) is 75.2 Å². The number of halogens is 3. The van der Waals surface area contributed by atoms with Gasteiger partial charge in [0.15, 0.2) is 0 Å². The number of carbonyl (C=O) groups excluding carboxylic acids is 1. The van der Waals surface area contributed by atoms with Crippen molar-refractivity contribution in [3.63, 3.8) is 0 Å². The minimum Gasteiger partial charge on any atom is -0.379 e. The van der Waals surface area contributed by atoms with Crippen LogP contribution in [0.4, 0.5) is 13.2 Å². The lowest BCUT2D eigenvalue weighted by molar-refractivity contribution is -0.144. The fraction of sp³-hybridized carbons (Fsp3) is 0.767. The van der Waals surface area contributed by atoms with Crippen molar-refractivity contribution >= 4 is 5.91 Å². The molecule has 7 atom stereocenters. The molecule has 41 heavy (non-hydrogen) atoms. The summed E-state index contributed by atoms with van der Waals surface area (Å²) in [5.41, 5.74) is 0.239. The highest BCUT2D eigenvalue weighted by molar-refractivity contribution is 5.85. The molecule has 1 aromatic rings. The lowest BCUT2D eigenvalue weighted by Gasteiger charge is -2.40. The fourth-order valence-electron chi connectivity index (χ4n) is 8.12. The molecule has 3 saturated heterocycles. The van der Waals surface area contributed by atoms with Crippen molar-refractivity contribution < 1.29 is 36.9 Å². The molecule has 4 heterocycles. The predicted octanol–water partition coefficient (Wildman–Crippen LogP) is 2.87. The van der Waals surface area contributed by atoms with E-state index in [1.807, 2.05) is 4.90 Å². The van der Waals surface area contributed by atoms with E-state index in [1.165, 1.54) is 6.07 Å². The van der Waals surface area contributed by atoms with Crippen molar-refractivity contribution in [2.75, 3.05) is 60.3 Å². The van der Waals surface area contributed by atoms with Gasteiger partial charge in [-0.25, -0.2) is 0 Å². The summed E-state index contributed by atoms with van der Waals surface area (Å²) in [6.45, 7) is 4.62. The van der Waals surface area contributed by atoms with Gasteiger partial charge in [-0.3, -0.25) is 9.69 Å². The number of fused-ring (bicyclic) bond motifs is 2. The third-order valence-corrected chi connectivity index (χ3v) is 10.3. The number of nitrogens with zero attached hydrogens (tertiary/aromatic N) is 2.